The minimum atomic E-state index is -2.81. The molecule has 1 heterocycles. The van der Waals surface area contributed by atoms with Gasteiger partial charge in [0.1, 0.15) is 5.75 Å². The van der Waals surface area contributed by atoms with Gasteiger partial charge < -0.3 is 15.0 Å². The van der Waals surface area contributed by atoms with Crippen LogP contribution in [-0.4, -0.2) is 37.2 Å². The van der Waals surface area contributed by atoms with Crippen LogP contribution in [0.2, 0.25) is 0 Å². The average Bonchev–Trinajstić information content (AvgIpc) is 2.48. The van der Waals surface area contributed by atoms with Crippen molar-refractivity contribution in [2.45, 2.75) is 32.8 Å². The van der Waals surface area contributed by atoms with Gasteiger partial charge in [0.05, 0.1) is 0 Å². The molecule has 1 atom stereocenters. The van der Waals surface area contributed by atoms with Crippen LogP contribution >= 0.6 is 0 Å². The van der Waals surface area contributed by atoms with Gasteiger partial charge in [-0.25, -0.2) is 4.79 Å². The number of benzene rings is 1. The van der Waals surface area contributed by atoms with Crippen molar-refractivity contribution in [2.24, 2.45) is 5.92 Å². The summed E-state index contributed by atoms with van der Waals surface area (Å²) in [5, 5.41) is 2.90. The molecule has 1 aromatic rings. The SMILES string of the molecule is CC1CCCN(C(=O)NCCc2ccc(OC(F)F)cc2)C1. The third-order valence-electron chi connectivity index (χ3n) is 3.78. The smallest absolute Gasteiger partial charge is 0.387 e. The fourth-order valence-electron chi connectivity index (χ4n) is 2.64. The number of nitrogens with one attached hydrogen (secondary N) is 1. The van der Waals surface area contributed by atoms with Gasteiger partial charge in [-0.3, -0.25) is 0 Å². The molecule has 122 valence electrons. The van der Waals surface area contributed by atoms with Crippen LogP contribution < -0.4 is 10.1 Å². The number of carbonyl (C=O) groups is 1. The number of amides is 2. The van der Waals surface area contributed by atoms with Gasteiger partial charge in [-0.05, 0) is 42.9 Å². The van der Waals surface area contributed by atoms with E-state index in [1.807, 2.05) is 4.90 Å². The second-order valence-electron chi connectivity index (χ2n) is 5.70. The lowest BCUT2D eigenvalue weighted by molar-refractivity contribution is -0.0498. The Bertz CT molecular complexity index is 480. The molecule has 0 spiro atoms. The highest BCUT2D eigenvalue weighted by Crippen LogP contribution is 2.16. The maximum Gasteiger partial charge on any atom is 0.387 e. The van der Waals surface area contributed by atoms with Gasteiger partial charge in [0, 0.05) is 19.6 Å². The molecular formula is C16H22F2N2O2. The first-order chi connectivity index (χ1) is 10.5. The van der Waals surface area contributed by atoms with Crippen LogP contribution in [0.15, 0.2) is 24.3 Å². The third-order valence-corrected chi connectivity index (χ3v) is 3.78. The average molecular weight is 312 g/mol. The number of nitrogens with zero attached hydrogens (tertiary/aromatic N) is 1. The van der Waals surface area contributed by atoms with Crippen molar-refractivity contribution in [3.8, 4) is 5.75 Å². The van der Waals surface area contributed by atoms with E-state index in [2.05, 4.69) is 17.0 Å². The van der Waals surface area contributed by atoms with E-state index in [1.165, 1.54) is 18.6 Å². The van der Waals surface area contributed by atoms with Gasteiger partial charge in [0.15, 0.2) is 0 Å². The summed E-state index contributed by atoms with van der Waals surface area (Å²) in [5.74, 6) is 0.701. The van der Waals surface area contributed by atoms with Crippen molar-refractivity contribution in [1.82, 2.24) is 10.2 Å². The number of carbonyl (C=O) groups excluding carboxylic acids is 1. The van der Waals surface area contributed by atoms with Crippen molar-refractivity contribution in [1.29, 1.82) is 0 Å². The zero-order valence-electron chi connectivity index (χ0n) is 12.7. The van der Waals surface area contributed by atoms with E-state index in [4.69, 9.17) is 0 Å². The predicted octanol–water partition coefficient (Wildman–Crippen LogP) is 3.27. The lowest BCUT2D eigenvalue weighted by atomic mass is 10.0. The van der Waals surface area contributed by atoms with Crippen molar-refractivity contribution < 1.29 is 18.3 Å². The molecule has 1 saturated heterocycles. The number of piperidine rings is 1. The molecule has 0 radical (unpaired) electrons. The van der Waals surface area contributed by atoms with E-state index in [9.17, 15) is 13.6 Å². The van der Waals surface area contributed by atoms with Crippen LogP contribution in [0.4, 0.5) is 13.6 Å². The fraction of sp³-hybridized carbons (Fsp3) is 0.562. The van der Waals surface area contributed by atoms with E-state index in [1.54, 1.807) is 12.1 Å². The summed E-state index contributed by atoms with van der Waals surface area (Å²) in [5.41, 5.74) is 0.967. The van der Waals surface area contributed by atoms with Gasteiger partial charge in [-0.1, -0.05) is 19.1 Å². The number of alkyl halides is 2. The number of likely N-dealkylation sites (tertiary alicyclic amines) is 1. The Balaban J connectivity index is 1.72. The fourth-order valence-corrected chi connectivity index (χ4v) is 2.64. The quantitative estimate of drug-likeness (QED) is 0.906. The topological polar surface area (TPSA) is 41.6 Å². The number of halogens is 2. The third kappa shape index (κ3) is 5.16. The molecule has 6 heteroatoms. The van der Waals surface area contributed by atoms with E-state index >= 15 is 0 Å². The molecule has 0 bridgehead atoms. The van der Waals surface area contributed by atoms with Crippen LogP contribution in [0, 0.1) is 5.92 Å². The van der Waals surface area contributed by atoms with Crippen LogP contribution in [0.3, 0.4) is 0 Å². The Kier molecular flexibility index (Phi) is 5.98. The van der Waals surface area contributed by atoms with Gasteiger partial charge in [0.2, 0.25) is 0 Å². The van der Waals surface area contributed by atoms with Gasteiger partial charge >= 0.3 is 12.6 Å². The lowest BCUT2D eigenvalue weighted by Gasteiger charge is -2.30. The molecular weight excluding hydrogens is 290 g/mol. The minimum absolute atomic E-state index is 0.0239. The number of rotatable bonds is 5. The maximum absolute atomic E-state index is 12.0. The molecule has 1 fully saturated rings. The van der Waals surface area contributed by atoms with Crippen molar-refractivity contribution in [2.75, 3.05) is 19.6 Å². The number of hydrogen-bond donors (Lipinski definition) is 1. The predicted molar refractivity (Wildman–Crippen MR) is 80.1 cm³/mol. The summed E-state index contributed by atoms with van der Waals surface area (Å²) in [6, 6.07) is 6.45. The Morgan fingerprint density at radius 1 is 1.41 bits per heavy atom. The molecule has 2 rings (SSSR count). The van der Waals surface area contributed by atoms with E-state index in [0.717, 1.165) is 25.1 Å². The molecule has 4 nitrogen and oxygen atoms in total. The molecule has 1 aliphatic heterocycles. The maximum atomic E-state index is 12.0. The summed E-state index contributed by atoms with van der Waals surface area (Å²) in [4.78, 5) is 13.9. The van der Waals surface area contributed by atoms with E-state index in [0.29, 0.717) is 18.9 Å². The van der Waals surface area contributed by atoms with Crippen LogP contribution in [0.25, 0.3) is 0 Å². The normalized spacial score (nSPS) is 18.4. The van der Waals surface area contributed by atoms with Crippen molar-refractivity contribution in [3.05, 3.63) is 29.8 Å². The molecule has 1 aromatic carbocycles. The Hall–Kier alpha value is -1.85. The number of hydrogen-bond acceptors (Lipinski definition) is 2. The molecule has 2 amide bonds. The highest BCUT2D eigenvalue weighted by atomic mass is 19.3. The minimum Gasteiger partial charge on any atom is -0.435 e. The second kappa shape index (κ2) is 7.96. The van der Waals surface area contributed by atoms with Crippen molar-refractivity contribution in [3.63, 3.8) is 0 Å². The van der Waals surface area contributed by atoms with Crippen molar-refractivity contribution >= 4 is 6.03 Å². The lowest BCUT2D eigenvalue weighted by Crippen LogP contribution is -2.45. The summed E-state index contributed by atoms with van der Waals surface area (Å²) < 4.78 is 28.4. The molecule has 0 aliphatic carbocycles. The molecule has 1 N–H and O–H groups in total. The zero-order valence-corrected chi connectivity index (χ0v) is 12.7. The van der Waals surface area contributed by atoms with Crippen LogP contribution in [0.1, 0.15) is 25.3 Å². The standard InChI is InChI=1S/C16H22F2N2O2/c1-12-3-2-10-20(11-12)16(21)19-9-8-13-4-6-14(7-5-13)22-15(17)18/h4-7,12,15H,2-3,8-11H2,1H3,(H,19,21). The zero-order chi connectivity index (χ0) is 15.9. The Morgan fingerprint density at radius 3 is 2.77 bits per heavy atom. The molecule has 1 aliphatic rings. The highest BCUT2D eigenvalue weighted by molar-refractivity contribution is 5.74. The molecule has 0 saturated carbocycles. The molecule has 22 heavy (non-hydrogen) atoms. The van der Waals surface area contributed by atoms with E-state index < -0.39 is 6.61 Å². The van der Waals surface area contributed by atoms with Crippen LogP contribution in [0.5, 0.6) is 5.75 Å². The highest BCUT2D eigenvalue weighted by Gasteiger charge is 2.20. The summed E-state index contributed by atoms with van der Waals surface area (Å²) in [6.45, 7) is 1.50. The first-order valence-electron chi connectivity index (χ1n) is 7.61. The van der Waals surface area contributed by atoms with Gasteiger partial charge in [0.25, 0.3) is 0 Å². The summed E-state index contributed by atoms with van der Waals surface area (Å²) in [7, 11) is 0. The van der Waals surface area contributed by atoms with Gasteiger partial charge in [-0.15, -0.1) is 0 Å². The Labute approximate surface area is 129 Å². The Morgan fingerprint density at radius 2 is 2.14 bits per heavy atom. The monoisotopic (exact) mass is 312 g/mol. The first kappa shape index (κ1) is 16.5. The summed E-state index contributed by atoms with van der Waals surface area (Å²) >= 11 is 0. The second-order valence-corrected chi connectivity index (χ2v) is 5.70. The largest absolute Gasteiger partial charge is 0.435 e. The van der Waals surface area contributed by atoms with Crippen LogP contribution in [-0.2, 0) is 6.42 Å². The number of ether oxygens (including phenoxy) is 1. The van der Waals surface area contributed by atoms with Gasteiger partial charge in [-0.2, -0.15) is 8.78 Å². The molecule has 0 aromatic heterocycles. The first-order valence-corrected chi connectivity index (χ1v) is 7.61. The number of urea groups is 1. The summed E-state index contributed by atoms with van der Waals surface area (Å²) in [6.07, 6.45) is 2.89. The van der Waals surface area contributed by atoms with E-state index in [-0.39, 0.29) is 11.8 Å². The molecule has 1 unspecified atom stereocenters.